The number of carbonyl (C=O) groups is 3. The van der Waals surface area contributed by atoms with Crippen molar-refractivity contribution in [3.63, 3.8) is 0 Å². The minimum Gasteiger partial charge on any atom is -0.481 e. The van der Waals surface area contributed by atoms with Gasteiger partial charge in [0.15, 0.2) is 0 Å². The number of carbonyl (C=O) groups excluding carboxylic acids is 2. The van der Waals surface area contributed by atoms with Crippen LogP contribution in [0, 0.1) is 0 Å². The number of piperidine rings is 1. The number of fused-ring (bicyclic) bond motifs is 1. The number of halogens is 2. The summed E-state index contributed by atoms with van der Waals surface area (Å²) in [5.74, 6) is -1.22. The second-order valence-electron chi connectivity index (χ2n) is 11.8. The number of carboxylic acids is 1. The summed E-state index contributed by atoms with van der Waals surface area (Å²) in [4.78, 5) is 48.2. The third kappa shape index (κ3) is 6.89. The Bertz CT molecular complexity index is 1750. The Kier molecular flexibility index (Phi) is 9.46. The van der Waals surface area contributed by atoms with Gasteiger partial charge in [-0.25, -0.2) is 4.98 Å². The molecular weight excluding hydrogens is 633 g/mol. The zero-order valence-corrected chi connectivity index (χ0v) is 27.3. The van der Waals surface area contributed by atoms with Crippen molar-refractivity contribution in [3.8, 4) is 0 Å². The van der Waals surface area contributed by atoms with E-state index in [1.807, 2.05) is 40.8 Å². The molecule has 0 saturated carbocycles. The van der Waals surface area contributed by atoms with Crippen LogP contribution in [0.4, 0.5) is 5.69 Å². The van der Waals surface area contributed by atoms with Crippen molar-refractivity contribution in [1.82, 2.24) is 19.4 Å². The average molecular weight is 669 g/mol. The number of amides is 2. The highest BCUT2D eigenvalue weighted by molar-refractivity contribution is 7.11. The van der Waals surface area contributed by atoms with Gasteiger partial charge in [-0.05, 0) is 62.5 Å². The van der Waals surface area contributed by atoms with Gasteiger partial charge in [-0.3, -0.25) is 19.3 Å². The monoisotopic (exact) mass is 667 g/mol. The SMILES string of the molecule is Cn1cc(C(=O)Nc2cc(Cl)c(CC(=O)N3C[C@@H](N4CCCCC4)CC3c3ncc(CCC(=O)O)s3)cc2Cl)c2ccccc21. The number of hydrogen-bond acceptors (Lipinski definition) is 6. The van der Waals surface area contributed by atoms with Crippen LogP contribution >= 0.6 is 34.5 Å². The minimum atomic E-state index is -0.845. The Morgan fingerprint density at radius 3 is 2.64 bits per heavy atom. The van der Waals surface area contributed by atoms with E-state index in [0.717, 1.165) is 53.1 Å². The summed E-state index contributed by atoms with van der Waals surface area (Å²) in [6.45, 7) is 2.64. The molecule has 4 aromatic rings. The fourth-order valence-electron chi connectivity index (χ4n) is 6.49. The van der Waals surface area contributed by atoms with Crippen molar-refractivity contribution in [2.45, 2.75) is 57.0 Å². The molecule has 1 unspecified atom stereocenters. The molecule has 12 heteroatoms. The molecule has 236 valence electrons. The highest BCUT2D eigenvalue weighted by atomic mass is 35.5. The fourth-order valence-corrected chi connectivity index (χ4v) is 8.00. The topological polar surface area (TPSA) is 108 Å². The number of thiazole rings is 1. The van der Waals surface area contributed by atoms with Crippen LogP contribution in [0.5, 0.6) is 0 Å². The maximum atomic E-state index is 13.9. The molecule has 2 amide bonds. The summed E-state index contributed by atoms with van der Waals surface area (Å²) in [6.07, 6.45) is 8.36. The number of anilines is 1. The molecule has 0 radical (unpaired) electrons. The van der Waals surface area contributed by atoms with Gasteiger partial charge < -0.3 is 19.9 Å². The Morgan fingerprint density at radius 2 is 1.87 bits per heavy atom. The van der Waals surface area contributed by atoms with Crippen LogP contribution in [0.3, 0.4) is 0 Å². The predicted octanol–water partition coefficient (Wildman–Crippen LogP) is 6.58. The number of carboxylic acid groups (broad SMARTS) is 1. The van der Waals surface area contributed by atoms with E-state index in [9.17, 15) is 14.4 Å². The summed E-state index contributed by atoms with van der Waals surface area (Å²) in [5.41, 5.74) is 2.42. The normalized spacial score (nSPS) is 18.9. The minimum absolute atomic E-state index is 0.0446. The van der Waals surface area contributed by atoms with Crippen molar-refractivity contribution in [3.05, 3.63) is 79.8 Å². The molecule has 45 heavy (non-hydrogen) atoms. The van der Waals surface area contributed by atoms with Gasteiger partial charge in [-0.2, -0.15) is 0 Å². The number of aromatic nitrogens is 2. The summed E-state index contributed by atoms with van der Waals surface area (Å²) in [7, 11) is 1.89. The van der Waals surface area contributed by atoms with E-state index in [1.165, 1.54) is 17.8 Å². The molecule has 9 nitrogen and oxygen atoms in total. The van der Waals surface area contributed by atoms with Gasteiger partial charge in [0, 0.05) is 52.8 Å². The Morgan fingerprint density at radius 1 is 1.09 bits per heavy atom. The van der Waals surface area contributed by atoms with Crippen molar-refractivity contribution in [2.24, 2.45) is 7.05 Å². The number of nitrogens with zero attached hydrogens (tertiary/aromatic N) is 4. The number of benzene rings is 2. The molecule has 6 rings (SSSR count). The van der Waals surface area contributed by atoms with Gasteiger partial charge >= 0.3 is 5.97 Å². The van der Waals surface area contributed by atoms with Crippen LogP contribution < -0.4 is 5.32 Å². The van der Waals surface area contributed by atoms with E-state index in [1.54, 1.807) is 24.5 Å². The number of para-hydroxylation sites is 1. The van der Waals surface area contributed by atoms with Gasteiger partial charge in [0.25, 0.3) is 5.91 Å². The number of hydrogen-bond donors (Lipinski definition) is 2. The van der Waals surface area contributed by atoms with Gasteiger partial charge in [-0.15, -0.1) is 11.3 Å². The van der Waals surface area contributed by atoms with E-state index >= 15 is 0 Å². The van der Waals surface area contributed by atoms with Crippen LogP contribution in [0.1, 0.15) is 64.0 Å². The summed E-state index contributed by atoms with van der Waals surface area (Å²) in [5, 5.41) is 14.3. The molecule has 2 fully saturated rings. The van der Waals surface area contributed by atoms with Crippen molar-refractivity contribution >= 4 is 68.9 Å². The van der Waals surface area contributed by atoms with Gasteiger partial charge in [0.2, 0.25) is 5.91 Å². The number of aliphatic carboxylic acids is 1. The first-order valence-corrected chi connectivity index (χ1v) is 16.8. The lowest BCUT2D eigenvalue weighted by molar-refractivity contribution is -0.137. The lowest BCUT2D eigenvalue weighted by Crippen LogP contribution is -2.42. The molecule has 0 spiro atoms. The smallest absolute Gasteiger partial charge is 0.303 e. The zero-order chi connectivity index (χ0) is 31.7. The molecule has 2 aromatic heterocycles. The number of likely N-dealkylation sites (tertiary alicyclic amines) is 2. The molecule has 0 bridgehead atoms. The van der Waals surface area contributed by atoms with E-state index in [0.29, 0.717) is 39.8 Å². The highest BCUT2D eigenvalue weighted by Crippen LogP contribution is 2.39. The Balaban J connectivity index is 1.19. The van der Waals surface area contributed by atoms with Crippen molar-refractivity contribution < 1.29 is 19.5 Å². The van der Waals surface area contributed by atoms with Gasteiger partial charge in [0.1, 0.15) is 5.01 Å². The Hall–Kier alpha value is -3.44. The van der Waals surface area contributed by atoms with Crippen LogP contribution in [0.15, 0.2) is 48.8 Å². The van der Waals surface area contributed by atoms with Gasteiger partial charge in [-0.1, -0.05) is 47.8 Å². The first kappa shape index (κ1) is 31.5. The molecule has 2 aliphatic rings. The quantitative estimate of drug-likeness (QED) is 0.209. The Labute approximate surface area is 275 Å². The first-order valence-electron chi connectivity index (χ1n) is 15.2. The second-order valence-corrected chi connectivity index (χ2v) is 13.8. The average Bonchev–Trinajstić information content (AvgIpc) is 3.77. The lowest BCUT2D eigenvalue weighted by Gasteiger charge is -2.32. The van der Waals surface area contributed by atoms with Crippen LogP contribution in [0.2, 0.25) is 10.0 Å². The largest absolute Gasteiger partial charge is 0.481 e. The number of aryl methyl sites for hydroxylation is 2. The highest BCUT2D eigenvalue weighted by Gasteiger charge is 2.40. The summed E-state index contributed by atoms with van der Waals surface area (Å²) < 4.78 is 1.90. The lowest BCUT2D eigenvalue weighted by atomic mass is 10.1. The maximum absolute atomic E-state index is 13.9. The van der Waals surface area contributed by atoms with E-state index < -0.39 is 5.97 Å². The van der Waals surface area contributed by atoms with Gasteiger partial charge in [0.05, 0.1) is 35.2 Å². The second kappa shape index (κ2) is 13.5. The van der Waals surface area contributed by atoms with E-state index in [2.05, 4.69) is 15.2 Å². The fraction of sp³-hybridized carbons (Fsp3) is 0.394. The third-order valence-electron chi connectivity index (χ3n) is 8.82. The number of nitrogens with one attached hydrogen (secondary N) is 1. The first-order chi connectivity index (χ1) is 21.7. The molecule has 2 aromatic carbocycles. The van der Waals surface area contributed by atoms with Crippen LogP contribution in [-0.4, -0.2) is 67.9 Å². The zero-order valence-electron chi connectivity index (χ0n) is 25.0. The third-order valence-corrected chi connectivity index (χ3v) is 10.6. The molecule has 2 N–H and O–H groups in total. The van der Waals surface area contributed by atoms with Crippen molar-refractivity contribution in [2.75, 3.05) is 25.0 Å². The molecule has 0 aliphatic carbocycles. The number of rotatable bonds is 9. The molecule has 2 atom stereocenters. The summed E-state index contributed by atoms with van der Waals surface area (Å²) in [6, 6.07) is 11.0. The summed E-state index contributed by atoms with van der Waals surface area (Å²) >= 11 is 14.8. The van der Waals surface area contributed by atoms with Crippen LogP contribution in [0.25, 0.3) is 10.9 Å². The maximum Gasteiger partial charge on any atom is 0.303 e. The van der Waals surface area contributed by atoms with E-state index in [4.69, 9.17) is 28.3 Å². The standard InChI is InChI=1S/C33H35Cl2N5O4S/c1-38-19-24(23-7-3-4-8-28(23)38)32(44)37-27-16-25(34)20(13-26(27)35)14-30(41)40-18-21(39-11-5-2-6-12-39)15-29(40)33-36-17-22(45-33)9-10-31(42)43/h3-4,7-8,13,16-17,19,21,29H,2,5-6,9-12,14-15,18H2,1H3,(H,37,44)(H,42,43)/t21-,29?/m0/s1. The predicted molar refractivity (Wildman–Crippen MR) is 177 cm³/mol. The molecule has 2 saturated heterocycles. The van der Waals surface area contributed by atoms with Crippen LogP contribution in [-0.2, 0) is 29.5 Å². The molecule has 2 aliphatic heterocycles. The molecule has 4 heterocycles. The van der Waals surface area contributed by atoms with E-state index in [-0.39, 0.29) is 36.7 Å². The molecular formula is C33H35Cl2N5O4S. The van der Waals surface area contributed by atoms with Crippen molar-refractivity contribution in [1.29, 1.82) is 0 Å².